The van der Waals surface area contributed by atoms with Crippen molar-refractivity contribution in [2.45, 2.75) is 20.1 Å². The molecule has 0 aliphatic rings. The molecule has 0 amide bonds. The van der Waals surface area contributed by atoms with Crippen LogP contribution in [0.25, 0.3) is 0 Å². The third-order valence-electron chi connectivity index (χ3n) is 2.38. The number of benzene rings is 1. The molecule has 18 heavy (non-hydrogen) atoms. The van der Waals surface area contributed by atoms with E-state index in [0.29, 0.717) is 22.6 Å². The van der Waals surface area contributed by atoms with E-state index in [4.69, 9.17) is 10.5 Å². The second kappa shape index (κ2) is 5.34. The van der Waals surface area contributed by atoms with Crippen LogP contribution in [0.4, 0.5) is 10.1 Å². The number of hydrogen-bond donors (Lipinski definition) is 1. The van der Waals surface area contributed by atoms with Gasteiger partial charge in [-0.1, -0.05) is 0 Å². The van der Waals surface area contributed by atoms with Gasteiger partial charge in [-0.25, -0.2) is 14.1 Å². The third-order valence-corrected chi connectivity index (χ3v) is 2.97. The number of rotatable bonds is 4. The number of nitrogens with zero attached hydrogens (tertiary/aromatic N) is 3. The van der Waals surface area contributed by atoms with Crippen LogP contribution >= 0.6 is 15.9 Å². The summed E-state index contributed by atoms with van der Waals surface area (Å²) in [5, 5.41) is 4.03. The van der Waals surface area contributed by atoms with E-state index in [0.717, 1.165) is 0 Å². The number of aromatic nitrogens is 3. The van der Waals surface area contributed by atoms with Crippen LogP contribution in [0.1, 0.15) is 12.7 Å². The van der Waals surface area contributed by atoms with Gasteiger partial charge in [-0.15, -0.1) is 0 Å². The standard InChI is InChI=1S/C11H12BrFN4O/c1-2-17-10(15-6-16-17)5-18-11-8(12)3-7(13)4-9(11)14/h3-4,6H,2,5,14H2,1H3. The Morgan fingerprint density at radius 1 is 1.50 bits per heavy atom. The predicted molar refractivity (Wildman–Crippen MR) is 68.5 cm³/mol. The second-order valence-corrected chi connectivity index (χ2v) is 4.44. The van der Waals surface area contributed by atoms with Crippen LogP contribution in [0, 0.1) is 5.82 Å². The third kappa shape index (κ3) is 2.61. The number of hydrogen-bond acceptors (Lipinski definition) is 4. The number of aryl methyl sites for hydroxylation is 1. The molecule has 2 N–H and O–H groups in total. The lowest BCUT2D eigenvalue weighted by Gasteiger charge is -2.11. The molecule has 7 heteroatoms. The smallest absolute Gasteiger partial charge is 0.164 e. The molecule has 0 bridgehead atoms. The maximum atomic E-state index is 13.0. The summed E-state index contributed by atoms with van der Waals surface area (Å²) in [5.41, 5.74) is 5.93. The van der Waals surface area contributed by atoms with Gasteiger partial charge in [-0.3, -0.25) is 0 Å². The molecule has 0 saturated heterocycles. The highest BCUT2D eigenvalue weighted by atomic mass is 79.9. The molecular formula is C11H12BrFN4O. The fourth-order valence-corrected chi connectivity index (χ4v) is 2.10. The molecule has 0 aliphatic heterocycles. The fraction of sp³-hybridized carbons (Fsp3) is 0.273. The first-order valence-corrected chi connectivity index (χ1v) is 6.15. The molecule has 1 aromatic carbocycles. The first-order valence-electron chi connectivity index (χ1n) is 5.35. The van der Waals surface area contributed by atoms with Crippen LogP contribution in [0.5, 0.6) is 5.75 Å². The van der Waals surface area contributed by atoms with E-state index < -0.39 is 5.82 Å². The summed E-state index contributed by atoms with van der Waals surface area (Å²) in [6, 6.07) is 2.51. The van der Waals surface area contributed by atoms with Gasteiger partial charge in [0, 0.05) is 12.6 Å². The van der Waals surface area contributed by atoms with E-state index in [2.05, 4.69) is 26.0 Å². The van der Waals surface area contributed by atoms with Crippen LogP contribution in [0.2, 0.25) is 0 Å². The van der Waals surface area contributed by atoms with Gasteiger partial charge >= 0.3 is 0 Å². The zero-order valence-corrected chi connectivity index (χ0v) is 11.3. The summed E-state index contributed by atoms with van der Waals surface area (Å²) in [7, 11) is 0. The minimum Gasteiger partial charge on any atom is -0.482 e. The van der Waals surface area contributed by atoms with Crippen molar-refractivity contribution in [3.05, 3.63) is 34.6 Å². The molecule has 0 aliphatic carbocycles. The summed E-state index contributed by atoms with van der Waals surface area (Å²) in [4.78, 5) is 4.08. The van der Waals surface area contributed by atoms with E-state index in [1.54, 1.807) is 4.68 Å². The highest BCUT2D eigenvalue weighted by Crippen LogP contribution is 2.32. The zero-order chi connectivity index (χ0) is 13.1. The highest BCUT2D eigenvalue weighted by Gasteiger charge is 2.10. The molecule has 1 aromatic heterocycles. The SMILES string of the molecule is CCn1ncnc1COc1c(N)cc(F)cc1Br. The Hall–Kier alpha value is -1.63. The van der Waals surface area contributed by atoms with Gasteiger partial charge in [-0.2, -0.15) is 5.10 Å². The Morgan fingerprint density at radius 2 is 2.28 bits per heavy atom. The highest BCUT2D eigenvalue weighted by molar-refractivity contribution is 9.10. The molecule has 2 aromatic rings. The number of halogens is 2. The van der Waals surface area contributed by atoms with Gasteiger partial charge in [-0.05, 0) is 28.9 Å². The maximum absolute atomic E-state index is 13.0. The Morgan fingerprint density at radius 3 is 2.94 bits per heavy atom. The molecule has 2 rings (SSSR count). The summed E-state index contributed by atoms with van der Waals surface area (Å²) < 4.78 is 20.8. The van der Waals surface area contributed by atoms with Crippen molar-refractivity contribution in [3.63, 3.8) is 0 Å². The van der Waals surface area contributed by atoms with E-state index >= 15 is 0 Å². The Kier molecular flexibility index (Phi) is 3.81. The normalized spacial score (nSPS) is 10.6. The minimum absolute atomic E-state index is 0.224. The van der Waals surface area contributed by atoms with Crippen molar-refractivity contribution in [1.82, 2.24) is 14.8 Å². The van der Waals surface area contributed by atoms with Crippen molar-refractivity contribution in [1.29, 1.82) is 0 Å². The number of ether oxygens (including phenoxy) is 1. The van der Waals surface area contributed by atoms with E-state index in [1.165, 1.54) is 18.5 Å². The summed E-state index contributed by atoms with van der Waals surface area (Å²) >= 11 is 3.21. The maximum Gasteiger partial charge on any atom is 0.164 e. The largest absolute Gasteiger partial charge is 0.482 e. The average Bonchev–Trinajstić information content (AvgIpc) is 2.75. The van der Waals surface area contributed by atoms with Crippen molar-refractivity contribution in [2.24, 2.45) is 0 Å². The van der Waals surface area contributed by atoms with Gasteiger partial charge in [0.25, 0.3) is 0 Å². The van der Waals surface area contributed by atoms with Crippen LogP contribution in [0.3, 0.4) is 0 Å². The summed E-state index contributed by atoms with van der Waals surface area (Å²) in [6.07, 6.45) is 1.46. The number of nitrogens with two attached hydrogens (primary N) is 1. The molecule has 1 heterocycles. The number of anilines is 1. The lowest BCUT2D eigenvalue weighted by atomic mass is 10.3. The summed E-state index contributed by atoms with van der Waals surface area (Å²) in [6.45, 7) is 2.89. The fourth-order valence-electron chi connectivity index (χ4n) is 1.53. The Balaban J connectivity index is 2.16. The lowest BCUT2D eigenvalue weighted by molar-refractivity contribution is 0.286. The Labute approximate surface area is 112 Å². The number of nitrogen functional groups attached to an aromatic ring is 1. The van der Waals surface area contributed by atoms with Gasteiger partial charge in [0.1, 0.15) is 18.8 Å². The molecule has 0 fully saturated rings. The van der Waals surface area contributed by atoms with E-state index in [1.807, 2.05) is 6.92 Å². The molecular weight excluding hydrogens is 303 g/mol. The molecule has 0 unspecified atom stereocenters. The quantitative estimate of drug-likeness (QED) is 0.880. The van der Waals surface area contributed by atoms with Crippen molar-refractivity contribution >= 4 is 21.6 Å². The second-order valence-electron chi connectivity index (χ2n) is 3.59. The van der Waals surface area contributed by atoms with Crippen LogP contribution in [-0.4, -0.2) is 14.8 Å². The first kappa shape index (κ1) is 12.8. The van der Waals surface area contributed by atoms with Crippen molar-refractivity contribution in [2.75, 3.05) is 5.73 Å². The first-order chi connectivity index (χ1) is 8.61. The van der Waals surface area contributed by atoms with Gasteiger partial charge in [0.2, 0.25) is 0 Å². The average molecular weight is 315 g/mol. The van der Waals surface area contributed by atoms with Crippen LogP contribution < -0.4 is 10.5 Å². The van der Waals surface area contributed by atoms with E-state index in [9.17, 15) is 4.39 Å². The molecule has 96 valence electrons. The molecule has 5 nitrogen and oxygen atoms in total. The predicted octanol–water partition coefficient (Wildman–Crippen LogP) is 2.36. The van der Waals surface area contributed by atoms with Gasteiger partial charge in [0.15, 0.2) is 11.6 Å². The molecule has 0 radical (unpaired) electrons. The minimum atomic E-state index is -0.413. The molecule has 0 spiro atoms. The Bertz CT molecular complexity index is 535. The zero-order valence-electron chi connectivity index (χ0n) is 9.73. The molecule has 0 atom stereocenters. The van der Waals surface area contributed by atoms with E-state index in [-0.39, 0.29) is 12.3 Å². The van der Waals surface area contributed by atoms with Gasteiger partial charge < -0.3 is 10.5 Å². The topological polar surface area (TPSA) is 66.0 Å². The lowest BCUT2D eigenvalue weighted by Crippen LogP contribution is -2.08. The molecule has 0 saturated carbocycles. The summed E-state index contributed by atoms with van der Waals surface area (Å²) in [5.74, 6) is 0.679. The van der Waals surface area contributed by atoms with Crippen molar-refractivity contribution < 1.29 is 9.13 Å². The monoisotopic (exact) mass is 314 g/mol. The van der Waals surface area contributed by atoms with Crippen LogP contribution in [-0.2, 0) is 13.2 Å². The van der Waals surface area contributed by atoms with Crippen molar-refractivity contribution in [3.8, 4) is 5.75 Å². The van der Waals surface area contributed by atoms with Crippen LogP contribution in [0.15, 0.2) is 22.9 Å². The van der Waals surface area contributed by atoms with Gasteiger partial charge in [0.05, 0.1) is 10.2 Å².